The molecule has 0 aliphatic heterocycles. The molecule has 0 radical (unpaired) electrons. The lowest BCUT2D eigenvalue weighted by molar-refractivity contribution is -0.150. The summed E-state index contributed by atoms with van der Waals surface area (Å²) in [7, 11) is 0. The molecule has 3 atom stereocenters. The van der Waals surface area contributed by atoms with Gasteiger partial charge in [-0.05, 0) is 44.9 Å². The lowest BCUT2D eigenvalue weighted by atomic mass is 10.0. The molecule has 0 saturated heterocycles. The molecule has 0 aliphatic rings. The van der Waals surface area contributed by atoms with Gasteiger partial charge in [0, 0.05) is 12.8 Å². The molecule has 0 spiro atoms. The quantitative estimate of drug-likeness (QED) is 0.0323. The lowest BCUT2D eigenvalue weighted by Gasteiger charge is -2.24. The number of rotatable bonds is 45. The number of esters is 1. The number of aliphatic hydroxyl groups is 2. The van der Waals surface area contributed by atoms with Crippen molar-refractivity contribution in [3.63, 3.8) is 0 Å². The van der Waals surface area contributed by atoms with Crippen LogP contribution in [-0.2, 0) is 14.3 Å². The van der Waals surface area contributed by atoms with Gasteiger partial charge in [-0.3, -0.25) is 9.59 Å². The number of nitrogens with one attached hydrogen (secondary N) is 1. The van der Waals surface area contributed by atoms with Gasteiger partial charge >= 0.3 is 5.97 Å². The van der Waals surface area contributed by atoms with E-state index in [1.165, 1.54) is 148 Å². The van der Waals surface area contributed by atoms with Crippen molar-refractivity contribution in [2.75, 3.05) is 6.61 Å². The molecule has 6 nitrogen and oxygen atoms in total. The van der Waals surface area contributed by atoms with Crippen LogP contribution in [0.15, 0.2) is 48.6 Å². The van der Waals surface area contributed by atoms with Gasteiger partial charge in [-0.15, -0.1) is 0 Å². The van der Waals surface area contributed by atoms with Crippen molar-refractivity contribution in [2.45, 2.75) is 270 Å². The summed E-state index contributed by atoms with van der Waals surface area (Å²) in [6, 6.07) is -0.727. The number of hydrogen-bond donors (Lipinski definition) is 3. The molecule has 59 heavy (non-hydrogen) atoms. The number of aliphatic hydroxyl groups excluding tert-OH is 2. The first-order chi connectivity index (χ1) is 29.0. The zero-order chi connectivity index (χ0) is 43.1. The predicted octanol–water partition coefficient (Wildman–Crippen LogP) is 15.1. The second kappa shape index (κ2) is 46.9. The molecular formula is C53H97NO5. The van der Waals surface area contributed by atoms with Crippen LogP contribution in [-0.4, -0.2) is 46.9 Å². The monoisotopic (exact) mass is 828 g/mol. The molecule has 6 heteroatoms. The number of amides is 1. The van der Waals surface area contributed by atoms with Gasteiger partial charge < -0.3 is 20.3 Å². The molecular weight excluding hydrogens is 731 g/mol. The average Bonchev–Trinajstić information content (AvgIpc) is 3.23. The van der Waals surface area contributed by atoms with E-state index in [1.807, 2.05) is 6.08 Å². The first kappa shape index (κ1) is 56.8. The number of ether oxygens (including phenoxy) is 1. The first-order valence-electron chi connectivity index (χ1n) is 25.4. The minimum absolute atomic E-state index is 0.00394. The smallest absolute Gasteiger partial charge is 0.306 e. The standard InChI is InChI=1S/C53H97NO5/c1-4-7-10-13-16-19-21-23-25-27-29-31-34-37-40-43-46-53(58)59-49(44-41-38-35-33-30-28-26-24-22-20-17-14-11-8-5-2)47-52(57)54-50(48-55)51(56)45-42-39-36-32-18-15-12-9-6-3/h17,20,24,26,30,33,38,41,49-51,55-56H,4-16,18-19,21-23,25,27-29,31-32,34-37,39-40,42-48H2,1-3H3,(H,54,57)/b20-17-,26-24-,33-30-,41-38-. The van der Waals surface area contributed by atoms with Crippen molar-refractivity contribution in [1.29, 1.82) is 0 Å². The molecule has 0 bridgehead atoms. The van der Waals surface area contributed by atoms with E-state index >= 15 is 0 Å². The van der Waals surface area contributed by atoms with Crippen LogP contribution in [0.25, 0.3) is 0 Å². The molecule has 0 aromatic rings. The lowest BCUT2D eigenvalue weighted by Crippen LogP contribution is -2.46. The maximum absolute atomic E-state index is 13.1. The fourth-order valence-electron chi connectivity index (χ4n) is 7.53. The van der Waals surface area contributed by atoms with Crippen molar-refractivity contribution >= 4 is 11.9 Å². The molecule has 0 fully saturated rings. The third-order valence-corrected chi connectivity index (χ3v) is 11.4. The molecule has 0 heterocycles. The van der Waals surface area contributed by atoms with Gasteiger partial charge in [0.25, 0.3) is 0 Å². The zero-order valence-electron chi connectivity index (χ0n) is 39.1. The summed E-state index contributed by atoms with van der Waals surface area (Å²) in [5, 5.41) is 23.6. The molecule has 0 aromatic carbocycles. The number of allylic oxidation sites excluding steroid dienone is 7. The molecule has 3 unspecified atom stereocenters. The van der Waals surface area contributed by atoms with Crippen LogP contribution >= 0.6 is 0 Å². The van der Waals surface area contributed by atoms with Crippen LogP contribution in [0.5, 0.6) is 0 Å². The molecule has 1 amide bonds. The number of carbonyl (C=O) groups is 2. The second-order valence-electron chi connectivity index (χ2n) is 17.2. The summed E-state index contributed by atoms with van der Waals surface area (Å²) in [6.45, 7) is 6.41. The molecule has 0 aromatic heterocycles. The van der Waals surface area contributed by atoms with E-state index < -0.39 is 18.2 Å². The summed E-state index contributed by atoms with van der Waals surface area (Å²) in [4.78, 5) is 26.0. The third-order valence-electron chi connectivity index (χ3n) is 11.4. The van der Waals surface area contributed by atoms with Crippen molar-refractivity contribution in [3.05, 3.63) is 48.6 Å². The molecule has 0 aliphatic carbocycles. The minimum Gasteiger partial charge on any atom is -0.461 e. The predicted molar refractivity (Wildman–Crippen MR) is 255 cm³/mol. The van der Waals surface area contributed by atoms with Crippen LogP contribution in [0.3, 0.4) is 0 Å². The van der Waals surface area contributed by atoms with Crippen molar-refractivity contribution in [3.8, 4) is 0 Å². The average molecular weight is 828 g/mol. The minimum atomic E-state index is -0.807. The Morgan fingerprint density at radius 2 is 0.898 bits per heavy atom. The fourth-order valence-corrected chi connectivity index (χ4v) is 7.53. The van der Waals surface area contributed by atoms with E-state index in [9.17, 15) is 19.8 Å². The SMILES string of the molecule is CCCCC/C=C\C/C=C\C/C=C\C/C=C\CC(CC(=O)NC(CO)C(O)CCCCCCCCCCC)OC(=O)CCCCCCCCCCCCCCCCCC. The van der Waals surface area contributed by atoms with Gasteiger partial charge in [0.05, 0.1) is 25.2 Å². The van der Waals surface area contributed by atoms with Crippen LogP contribution in [0.2, 0.25) is 0 Å². The highest BCUT2D eigenvalue weighted by Crippen LogP contribution is 2.17. The Balaban J connectivity index is 4.68. The fraction of sp³-hybridized carbons (Fsp3) is 0.811. The summed E-state index contributed by atoms with van der Waals surface area (Å²) < 4.78 is 5.86. The molecule has 344 valence electrons. The van der Waals surface area contributed by atoms with Gasteiger partial charge in [-0.25, -0.2) is 0 Å². The van der Waals surface area contributed by atoms with E-state index in [0.717, 1.165) is 57.8 Å². The van der Waals surface area contributed by atoms with Crippen molar-refractivity contribution in [2.24, 2.45) is 0 Å². The van der Waals surface area contributed by atoms with Crippen LogP contribution in [0.1, 0.15) is 252 Å². The summed E-state index contributed by atoms with van der Waals surface area (Å²) >= 11 is 0. The maximum atomic E-state index is 13.1. The molecule has 0 saturated carbocycles. The van der Waals surface area contributed by atoms with E-state index in [2.05, 4.69) is 68.6 Å². The maximum Gasteiger partial charge on any atom is 0.306 e. The number of unbranched alkanes of at least 4 members (excludes halogenated alkanes) is 26. The molecule has 0 rings (SSSR count). The summed E-state index contributed by atoms with van der Waals surface area (Å²) in [5.74, 6) is -0.570. The molecule has 3 N–H and O–H groups in total. The van der Waals surface area contributed by atoms with E-state index in [0.29, 0.717) is 19.3 Å². The van der Waals surface area contributed by atoms with Crippen LogP contribution < -0.4 is 5.32 Å². The van der Waals surface area contributed by atoms with Gasteiger partial charge in [-0.2, -0.15) is 0 Å². The van der Waals surface area contributed by atoms with Gasteiger partial charge in [0.15, 0.2) is 0 Å². The van der Waals surface area contributed by atoms with Crippen LogP contribution in [0.4, 0.5) is 0 Å². The van der Waals surface area contributed by atoms with Gasteiger partial charge in [0.1, 0.15) is 6.10 Å². The Kier molecular flexibility index (Phi) is 45.1. The normalized spacial score (nSPS) is 13.6. The highest BCUT2D eigenvalue weighted by Gasteiger charge is 2.23. The van der Waals surface area contributed by atoms with Crippen molar-refractivity contribution < 1.29 is 24.5 Å². The van der Waals surface area contributed by atoms with Gasteiger partial charge in [-0.1, -0.05) is 236 Å². The number of carbonyl (C=O) groups excluding carboxylic acids is 2. The summed E-state index contributed by atoms with van der Waals surface area (Å²) in [6.07, 6.45) is 56.2. The Bertz CT molecular complexity index is 1020. The Morgan fingerprint density at radius 1 is 0.508 bits per heavy atom. The largest absolute Gasteiger partial charge is 0.461 e. The van der Waals surface area contributed by atoms with E-state index in [4.69, 9.17) is 4.74 Å². The Morgan fingerprint density at radius 3 is 1.36 bits per heavy atom. The Labute approximate surface area is 366 Å². The van der Waals surface area contributed by atoms with Gasteiger partial charge in [0.2, 0.25) is 5.91 Å². The zero-order valence-corrected chi connectivity index (χ0v) is 39.1. The second-order valence-corrected chi connectivity index (χ2v) is 17.2. The Hall–Kier alpha value is -2.18. The van der Waals surface area contributed by atoms with E-state index in [1.54, 1.807) is 0 Å². The first-order valence-corrected chi connectivity index (χ1v) is 25.4. The van der Waals surface area contributed by atoms with Crippen LogP contribution in [0, 0.1) is 0 Å². The number of hydrogen-bond acceptors (Lipinski definition) is 5. The third kappa shape index (κ3) is 42.3. The summed E-state index contributed by atoms with van der Waals surface area (Å²) in [5.41, 5.74) is 0. The van der Waals surface area contributed by atoms with E-state index in [-0.39, 0.29) is 24.9 Å². The topological polar surface area (TPSA) is 95.9 Å². The highest BCUT2D eigenvalue weighted by molar-refractivity contribution is 5.77. The highest BCUT2D eigenvalue weighted by atomic mass is 16.5. The van der Waals surface area contributed by atoms with Crippen molar-refractivity contribution in [1.82, 2.24) is 5.32 Å².